The van der Waals surface area contributed by atoms with Crippen LogP contribution in [0.1, 0.15) is 5.76 Å². The first-order chi connectivity index (χ1) is 12.9. The smallest absolute Gasteiger partial charge is 0.244 e. The minimum atomic E-state index is -3.52. The van der Waals surface area contributed by atoms with Gasteiger partial charge in [0.25, 0.3) is 0 Å². The monoisotopic (exact) mass is 410 g/mol. The molecule has 1 amide bonds. The van der Waals surface area contributed by atoms with Gasteiger partial charge in [0.1, 0.15) is 10.7 Å². The molecule has 146 valence electrons. The summed E-state index contributed by atoms with van der Waals surface area (Å²) in [4.78, 5) is 18.3. The van der Waals surface area contributed by atoms with Gasteiger partial charge in [0.15, 0.2) is 0 Å². The molecule has 3 heterocycles. The van der Waals surface area contributed by atoms with Gasteiger partial charge in [-0.3, -0.25) is 4.79 Å². The summed E-state index contributed by atoms with van der Waals surface area (Å²) >= 11 is 1.25. The van der Waals surface area contributed by atoms with Gasteiger partial charge >= 0.3 is 0 Å². The van der Waals surface area contributed by atoms with Gasteiger partial charge in [-0.25, -0.2) is 13.4 Å². The maximum Gasteiger partial charge on any atom is 0.244 e. The highest BCUT2D eigenvalue weighted by molar-refractivity contribution is 7.99. The van der Waals surface area contributed by atoms with Crippen LogP contribution in [0.4, 0.5) is 0 Å². The second-order valence-corrected chi connectivity index (χ2v) is 9.12. The lowest BCUT2D eigenvalue weighted by atomic mass is 10.4. The Morgan fingerprint density at radius 1 is 1.26 bits per heavy atom. The number of furan rings is 1. The van der Waals surface area contributed by atoms with E-state index in [0.29, 0.717) is 43.5 Å². The first kappa shape index (κ1) is 19.9. The number of sulfonamides is 1. The van der Waals surface area contributed by atoms with Crippen LogP contribution >= 0.6 is 11.8 Å². The molecular weight excluding hydrogens is 388 g/mol. The maximum absolute atomic E-state index is 12.7. The Hall–Kier alpha value is -1.88. The Labute approximate surface area is 163 Å². The molecule has 1 aliphatic rings. The molecule has 1 aliphatic heterocycles. The molecule has 0 aliphatic carbocycles. The molecule has 10 heteroatoms. The van der Waals surface area contributed by atoms with Gasteiger partial charge in [-0.05, 0) is 31.3 Å². The number of piperazine rings is 1. The summed E-state index contributed by atoms with van der Waals surface area (Å²) in [6, 6.07) is 6.73. The summed E-state index contributed by atoms with van der Waals surface area (Å²) in [5, 5.41) is 3.35. The highest BCUT2D eigenvalue weighted by Crippen LogP contribution is 2.20. The van der Waals surface area contributed by atoms with Crippen molar-refractivity contribution >= 4 is 27.7 Å². The Morgan fingerprint density at radius 3 is 2.67 bits per heavy atom. The number of thioether (sulfide) groups is 1. The molecule has 1 saturated heterocycles. The number of hydrogen-bond acceptors (Lipinski definition) is 7. The molecule has 0 unspecified atom stereocenters. The van der Waals surface area contributed by atoms with Crippen molar-refractivity contribution in [1.29, 1.82) is 0 Å². The van der Waals surface area contributed by atoms with E-state index in [-0.39, 0.29) is 16.6 Å². The van der Waals surface area contributed by atoms with Crippen LogP contribution in [0.3, 0.4) is 0 Å². The molecule has 8 nitrogen and oxygen atoms in total. The van der Waals surface area contributed by atoms with Crippen LogP contribution in [-0.2, 0) is 21.4 Å². The van der Waals surface area contributed by atoms with E-state index in [1.54, 1.807) is 30.5 Å². The third-order valence-corrected chi connectivity index (χ3v) is 7.03. The minimum Gasteiger partial charge on any atom is -0.467 e. The van der Waals surface area contributed by atoms with Gasteiger partial charge in [-0.2, -0.15) is 4.31 Å². The predicted octanol–water partition coefficient (Wildman–Crippen LogP) is 1.02. The van der Waals surface area contributed by atoms with Crippen molar-refractivity contribution < 1.29 is 17.6 Å². The van der Waals surface area contributed by atoms with Crippen LogP contribution in [0.15, 0.2) is 51.1 Å². The Morgan fingerprint density at radius 2 is 2.04 bits per heavy atom. The molecule has 0 bridgehead atoms. The van der Waals surface area contributed by atoms with Crippen LogP contribution < -0.4 is 5.32 Å². The van der Waals surface area contributed by atoms with E-state index < -0.39 is 10.0 Å². The quantitative estimate of drug-likeness (QED) is 0.681. The topological polar surface area (TPSA) is 95.8 Å². The Kier molecular flexibility index (Phi) is 6.53. The lowest BCUT2D eigenvalue weighted by Gasteiger charge is -2.31. The van der Waals surface area contributed by atoms with Gasteiger partial charge in [-0.1, -0.05) is 11.8 Å². The summed E-state index contributed by atoms with van der Waals surface area (Å²) in [6.45, 7) is 2.72. The van der Waals surface area contributed by atoms with Crippen LogP contribution in [0.5, 0.6) is 0 Å². The van der Waals surface area contributed by atoms with Crippen LogP contribution in [-0.4, -0.2) is 67.5 Å². The summed E-state index contributed by atoms with van der Waals surface area (Å²) in [7, 11) is -1.55. The van der Waals surface area contributed by atoms with Gasteiger partial charge in [0.05, 0.1) is 23.6 Å². The van der Waals surface area contributed by atoms with Crippen molar-refractivity contribution in [3.63, 3.8) is 0 Å². The zero-order valence-electron chi connectivity index (χ0n) is 15.0. The first-order valence-corrected chi connectivity index (χ1v) is 10.9. The average molecular weight is 411 g/mol. The molecule has 1 fully saturated rings. The van der Waals surface area contributed by atoms with E-state index in [1.807, 2.05) is 7.05 Å². The average Bonchev–Trinajstić information content (AvgIpc) is 3.19. The summed E-state index contributed by atoms with van der Waals surface area (Å²) in [5.41, 5.74) is 0. The zero-order valence-corrected chi connectivity index (χ0v) is 16.6. The number of likely N-dealkylation sites (N-methyl/N-ethyl adjacent to an activating group) is 1. The molecule has 1 N–H and O–H groups in total. The number of carbonyl (C=O) groups is 1. The van der Waals surface area contributed by atoms with Crippen molar-refractivity contribution in [3.8, 4) is 0 Å². The second-order valence-electron chi connectivity index (χ2n) is 6.18. The van der Waals surface area contributed by atoms with Gasteiger partial charge in [0, 0.05) is 32.4 Å². The molecular formula is C17H22N4O4S2. The number of nitrogens with zero attached hydrogens (tertiary/aromatic N) is 3. The van der Waals surface area contributed by atoms with E-state index in [2.05, 4.69) is 15.2 Å². The maximum atomic E-state index is 12.7. The number of aromatic nitrogens is 1. The van der Waals surface area contributed by atoms with E-state index in [9.17, 15) is 13.2 Å². The van der Waals surface area contributed by atoms with Gasteiger partial charge in [-0.15, -0.1) is 0 Å². The number of nitrogens with one attached hydrogen (secondary N) is 1. The molecule has 27 heavy (non-hydrogen) atoms. The number of pyridine rings is 1. The largest absolute Gasteiger partial charge is 0.467 e. The first-order valence-electron chi connectivity index (χ1n) is 8.52. The SMILES string of the molecule is CN1CCN(S(=O)(=O)c2ccc(SCC(=O)NCc3ccco3)nc2)CC1. The molecule has 0 spiro atoms. The lowest BCUT2D eigenvalue weighted by Crippen LogP contribution is -2.47. The molecule has 0 aromatic carbocycles. The van der Waals surface area contributed by atoms with E-state index in [0.717, 1.165) is 0 Å². The van der Waals surface area contributed by atoms with Gasteiger partial charge < -0.3 is 14.6 Å². The molecule has 0 atom stereocenters. The van der Waals surface area contributed by atoms with E-state index >= 15 is 0 Å². The number of carbonyl (C=O) groups excluding carboxylic acids is 1. The van der Waals surface area contributed by atoms with E-state index in [4.69, 9.17) is 4.42 Å². The zero-order chi connectivity index (χ0) is 19.3. The van der Waals surface area contributed by atoms with Crippen LogP contribution in [0.2, 0.25) is 0 Å². The fraction of sp³-hybridized carbons (Fsp3) is 0.412. The van der Waals surface area contributed by atoms with Gasteiger partial charge in [0.2, 0.25) is 15.9 Å². The van der Waals surface area contributed by atoms with Crippen LogP contribution in [0.25, 0.3) is 0 Å². The highest BCUT2D eigenvalue weighted by Gasteiger charge is 2.27. The minimum absolute atomic E-state index is 0.146. The predicted molar refractivity (Wildman–Crippen MR) is 102 cm³/mol. The Balaban J connectivity index is 1.51. The lowest BCUT2D eigenvalue weighted by molar-refractivity contribution is -0.118. The Bertz CT molecular complexity index is 846. The van der Waals surface area contributed by atoms with Crippen LogP contribution in [0, 0.1) is 0 Å². The van der Waals surface area contributed by atoms with Crippen molar-refractivity contribution in [1.82, 2.24) is 19.5 Å². The third kappa shape index (κ3) is 5.32. The normalized spacial score (nSPS) is 16.3. The third-order valence-electron chi connectivity index (χ3n) is 4.20. The van der Waals surface area contributed by atoms with Crippen molar-refractivity contribution in [3.05, 3.63) is 42.5 Å². The molecule has 2 aromatic heterocycles. The second kappa shape index (κ2) is 8.87. The molecule has 2 aromatic rings. The van der Waals surface area contributed by atoms with E-state index in [1.165, 1.54) is 22.3 Å². The summed E-state index contributed by atoms with van der Waals surface area (Å²) in [5.74, 6) is 0.732. The summed E-state index contributed by atoms with van der Waals surface area (Å²) < 4.78 is 31.9. The standard InChI is InChI=1S/C17H22N4O4S2/c1-20-6-8-21(9-7-20)27(23,24)15-4-5-17(19-12-15)26-13-16(22)18-11-14-3-2-10-25-14/h2-5,10,12H,6-9,11,13H2,1H3,(H,18,22). The highest BCUT2D eigenvalue weighted by atomic mass is 32.2. The number of hydrogen-bond donors (Lipinski definition) is 1. The summed E-state index contributed by atoms with van der Waals surface area (Å²) in [6.07, 6.45) is 2.91. The van der Waals surface area contributed by atoms with Crippen molar-refractivity contribution in [2.24, 2.45) is 0 Å². The van der Waals surface area contributed by atoms with Crippen molar-refractivity contribution in [2.45, 2.75) is 16.5 Å². The molecule has 0 saturated carbocycles. The molecule has 3 rings (SSSR count). The fourth-order valence-electron chi connectivity index (χ4n) is 2.57. The fourth-order valence-corrected chi connectivity index (χ4v) is 4.61. The number of amides is 1. The van der Waals surface area contributed by atoms with Crippen molar-refractivity contribution in [2.75, 3.05) is 39.0 Å². The molecule has 0 radical (unpaired) electrons. The number of rotatable bonds is 7.